The van der Waals surface area contributed by atoms with Crippen LogP contribution in [0.4, 0.5) is 0 Å². The number of hydrogen-bond acceptors (Lipinski definition) is 4. The molecule has 2 rings (SSSR count). The van der Waals surface area contributed by atoms with E-state index in [2.05, 4.69) is 125 Å². The lowest BCUT2D eigenvalue weighted by Gasteiger charge is -2.37. The second-order valence-electron chi connectivity index (χ2n) is 7.72. The molecular formula is C23H33PS4. The van der Waals surface area contributed by atoms with Crippen molar-refractivity contribution in [2.45, 2.75) is 67.3 Å². The Morgan fingerprint density at radius 2 is 1.14 bits per heavy atom. The summed E-state index contributed by atoms with van der Waals surface area (Å²) in [7, 11) is 0. The first-order valence-electron chi connectivity index (χ1n) is 9.92. The Labute approximate surface area is 190 Å². The van der Waals surface area contributed by atoms with Crippen LogP contribution in [-0.2, 0) is 11.8 Å². The van der Waals surface area contributed by atoms with Gasteiger partial charge >= 0.3 is 0 Å². The summed E-state index contributed by atoms with van der Waals surface area (Å²) in [6, 6.07) is 21.9. The van der Waals surface area contributed by atoms with Crippen molar-refractivity contribution < 1.29 is 0 Å². The zero-order valence-electron chi connectivity index (χ0n) is 17.7. The van der Waals surface area contributed by atoms with Gasteiger partial charge in [0.15, 0.2) is 0 Å². The summed E-state index contributed by atoms with van der Waals surface area (Å²) >= 11 is 12.8. The minimum absolute atomic E-state index is 0.382. The second kappa shape index (κ2) is 11.5. The summed E-state index contributed by atoms with van der Waals surface area (Å²) in [6.07, 6.45) is 0. The Morgan fingerprint density at radius 1 is 0.679 bits per heavy atom. The lowest BCUT2D eigenvalue weighted by Crippen LogP contribution is -2.08. The molecule has 2 aromatic rings. The van der Waals surface area contributed by atoms with Crippen LogP contribution in [0.5, 0.6) is 0 Å². The van der Waals surface area contributed by atoms with E-state index in [4.69, 9.17) is 11.8 Å². The SMILES string of the molecule is CC(C)SC(SP(=S)(C(C)C)C(SC(C)C)c1ccccc1)c1ccccc1. The Morgan fingerprint density at radius 3 is 1.57 bits per heavy atom. The van der Waals surface area contributed by atoms with Crippen molar-refractivity contribution in [2.75, 3.05) is 0 Å². The molecule has 0 saturated carbocycles. The summed E-state index contributed by atoms with van der Waals surface area (Å²) in [5.74, 6) is 0. The van der Waals surface area contributed by atoms with E-state index in [0.29, 0.717) is 25.7 Å². The Kier molecular flexibility index (Phi) is 10.0. The van der Waals surface area contributed by atoms with Gasteiger partial charge in [0.05, 0.1) is 9.57 Å². The van der Waals surface area contributed by atoms with Crippen LogP contribution in [0, 0.1) is 0 Å². The third-order valence-electron chi connectivity index (χ3n) is 4.26. The van der Waals surface area contributed by atoms with E-state index in [1.807, 2.05) is 11.8 Å². The Bertz CT molecular complexity index is 744. The maximum absolute atomic E-state index is 6.62. The molecule has 154 valence electrons. The summed E-state index contributed by atoms with van der Waals surface area (Å²) in [4.78, 5) is 0.382. The van der Waals surface area contributed by atoms with Crippen molar-refractivity contribution >= 4 is 52.0 Å². The highest BCUT2D eigenvalue weighted by Crippen LogP contribution is 2.79. The number of rotatable bonds is 10. The summed E-state index contributed by atoms with van der Waals surface area (Å²) in [6.45, 7) is 13.8. The Hall–Kier alpha value is 0.140. The van der Waals surface area contributed by atoms with Crippen LogP contribution in [0.1, 0.15) is 62.2 Å². The van der Waals surface area contributed by atoms with E-state index in [0.717, 1.165) is 0 Å². The van der Waals surface area contributed by atoms with Gasteiger partial charge in [0, 0.05) is 15.7 Å². The first kappa shape index (κ1) is 24.4. The molecule has 0 radical (unpaired) electrons. The largest absolute Gasteiger partial charge is 0.145 e. The maximum atomic E-state index is 6.62. The molecule has 0 fully saturated rings. The molecule has 0 spiro atoms. The van der Waals surface area contributed by atoms with E-state index < -0.39 is 5.24 Å². The van der Waals surface area contributed by atoms with E-state index in [1.54, 1.807) is 0 Å². The second-order valence-corrected chi connectivity index (χ2v) is 20.2. The molecule has 0 saturated heterocycles. The third kappa shape index (κ3) is 6.84. The van der Waals surface area contributed by atoms with Crippen molar-refractivity contribution in [1.82, 2.24) is 0 Å². The lowest BCUT2D eigenvalue weighted by atomic mass is 10.2. The van der Waals surface area contributed by atoms with Gasteiger partial charge in [0.25, 0.3) is 0 Å². The van der Waals surface area contributed by atoms with Gasteiger partial charge in [0.1, 0.15) is 0 Å². The quantitative estimate of drug-likeness (QED) is 0.251. The molecule has 5 heteroatoms. The predicted molar refractivity (Wildman–Crippen MR) is 141 cm³/mol. The molecule has 0 aliphatic heterocycles. The predicted octanol–water partition coefficient (Wildman–Crippen LogP) is 9.20. The van der Waals surface area contributed by atoms with E-state index in [1.165, 1.54) is 11.1 Å². The van der Waals surface area contributed by atoms with Gasteiger partial charge in [-0.1, -0.05) is 114 Å². The minimum Gasteiger partial charge on any atom is -0.145 e. The summed E-state index contributed by atoms with van der Waals surface area (Å²) < 4.78 is 0.383. The molecule has 0 bridgehead atoms. The van der Waals surface area contributed by atoms with E-state index in [-0.39, 0.29) is 0 Å². The number of hydrogen-bond donors (Lipinski definition) is 0. The first-order chi connectivity index (χ1) is 13.2. The number of thioether (sulfide) groups is 2. The fourth-order valence-electron chi connectivity index (χ4n) is 2.87. The van der Waals surface area contributed by atoms with Crippen molar-refractivity contribution in [3.05, 3.63) is 71.8 Å². The third-order valence-corrected chi connectivity index (χ3v) is 19.0. The molecular weight excluding hydrogens is 435 g/mol. The molecule has 0 nitrogen and oxygen atoms in total. The van der Waals surface area contributed by atoms with Gasteiger partial charge in [-0.3, -0.25) is 0 Å². The summed E-state index contributed by atoms with van der Waals surface area (Å²) in [5, 5.41) is -0.637. The highest BCUT2D eigenvalue weighted by molar-refractivity contribution is 8.74. The van der Waals surface area contributed by atoms with Crippen LogP contribution < -0.4 is 0 Å². The topological polar surface area (TPSA) is 0 Å². The highest BCUT2D eigenvalue weighted by atomic mass is 32.9. The van der Waals surface area contributed by atoms with E-state index >= 15 is 0 Å². The van der Waals surface area contributed by atoms with Crippen LogP contribution in [0.25, 0.3) is 0 Å². The molecule has 3 atom stereocenters. The van der Waals surface area contributed by atoms with Crippen LogP contribution in [0.2, 0.25) is 0 Å². The molecule has 3 unspecified atom stereocenters. The van der Waals surface area contributed by atoms with Crippen LogP contribution >= 0.6 is 40.1 Å². The van der Waals surface area contributed by atoms with Gasteiger partial charge in [-0.25, -0.2) is 0 Å². The maximum Gasteiger partial charge on any atom is 0.0803 e. The monoisotopic (exact) mass is 468 g/mol. The van der Waals surface area contributed by atoms with Crippen LogP contribution in [-0.4, -0.2) is 16.2 Å². The van der Waals surface area contributed by atoms with E-state index in [9.17, 15) is 0 Å². The molecule has 0 aliphatic rings. The molecule has 2 aromatic carbocycles. The average Bonchev–Trinajstić information content (AvgIpc) is 2.66. The highest BCUT2D eigenvalue weighted by Gasteiger charge is 2.37. The number of benzene rings is 2. The van der Waals surface area contributed by atoms with Crippen molar-refractivity contribution in [1.29, 1.82) is 0 Å². The van der Waals surface area contributed by atoms with Gasteiger partial charge in [-0.05, 0) is 16.8 Å². The Balaban J connectivity index is 2.47. The smallest absolute Gasteiger partial charge is 0.0803 e. The standard InChI is InChI=1S/C23H33PS4/c1-17(2)24(25,22(26-18(3)4)20-13-9-7-10-14-20)28-23(27-19(5)6)21-15-11-8-12-16-21/h7-19,22-23H,1-6H3. The average molecular weight is 469 g/mol. The van der Waals surface area contributed by atoms with Gasteiger partial charge < -0.3 is 0 Å². The van der Waals surface area contributed by atoms with Crippen molar-refractivity contribution in [3.63, 3.8) is 0 Å². The van der Waals surface area contributed by atoms with Gasteiger partial charge in [0.2, 0.25) is 0 Å². The van der Waals surface area contributed by atoms with Crippen molar-refractivity contribution in [2.24, 2.45) is 0 Å². The minimum atomic E-state index is -1.76. The molecule has 0 aliphatic carbocycles. The zero-order valence-corrected chi connectivity index (χ0v) is 21.9. The van der Waals surface area contributed by atoms with Gasteiger partial charge in [-0.15, -0.1) is 34.9 Å². The normalized spacial score (nSPS) is 16.3. The lowest BCUT2D eigenvalue weighted by molar-refractivity contribution is 1.07. The van der Waals surface area contributed by atoms with Crippen LogP contribution in [0.15, 0.2) is 60.7 Å². The molecule has 28 heavy (non-hydrogen) atoms. The van der Waals surface area contributed by atoms with Crippen LogP contribution in [0.3, 0.4) is 0 Å². The molecule has 0 amide bonds. The first-order valence-corrected chi connectivity index (χ1v) is 16.2. The van der Waals surface area contributed by atoms with Crippen molar-refractivity contribution in [3.8, 4) is 0 Å². The van der Waals surface area contributed by atoms with Gasteiger partial charge in [-0.2, -0.15) is 0 Å². The molecule has 0 N–H and O–H groups in total. The zero-order chi connectivity index (χ0) is 20.7. The fourth-order valence-corrected chi connectivity index (χ4v) is 17.0. The molecule has 0 heterocycles. The molecule has 0 aromatic heterocycles. The summed E-state index contributed by atoms with van der Waals surface area (Å²) in [5.41, 5.74) is 3.28. The fraction of sp³-hybridized carbons (Fsp3) is 0.478.